The molecule has 5 aromatic rings. The fraction of sp³-hybridized carbons (Fsp3) is 0.120. The number of fused-ring (bicyclic) bond motifs is 1. The van der Waals surface area contributed by atoms with Crippen molar-refractivity contribution < 1.29 is 0 Å². The van der Waals surface area contributed by atoms with Crippen LogP contribution in [0.2, 0.25) is 5.02 Å². The number of rotatable bonds is 6. The molecule has 33 heavy (non-hydrogen) atoms. The molecule has 164 valence electrons. The highest BCUT2D eigenvalue weighted by Gasteiger charge is 2.17. The summed E-state index contributed by atoms with van der Waals surface area (Å²) in [6, 6.07) is 23.1. The summed E-state index contributed by atoms with van der Waals surface area (Å²) < 4.78 is 3.61. The molecule has 0 saturated carbocycles. The molecule has 0 saturated heterocycles. The van der Waals surface area contributed by atoms with Gasteiger partial charge in [-0.1, -0.05) is 65.8 Å². The summed E-state index contributed by atoms with van der Waals surface area (Å²) in [5, 5.41) is 10.3. The molecule has 0 amide bonds. The lowest BCUT2D eigenvalue weighted by molar-refractivity contribution is 0.714. The highest BCUT2D eigenvalue weighted by molar-refractivity contribution is 7.98. The Kier molecular flexibility index (Phi) is 5.98. The predicted octanol–water partition coefficient (Wildman–Crippen LogP) is 5.26. The van der Waals surface area contributed by atoms with E-state index in [1.807, 2.05) is 61.5 Å². The Morgan fingerprint density at radius 1 is 0.970 bits per heavy atom. The molecular formula is C25H20ClN5OS. The normalized spacial score (nSPS) is 11.2. The third-order valence-corrected chi connectivity index (χ3v) is 6.57. The maximum absolute atomic E-state index is 12.5. The van der Waals surface area contributed by atoms with Crippen LogP contribution in [-0.2, 0) is 12.3 Å². The smallest absolute Gasteiger partial charge is 0.258 e. The van der Waals surface area contributed by atoms with E-state index < -0.39 is 0 Å². The average molecular weight is 474 g/mol. The fourth-order valence-corrected chi connectivity index (χ4v) is 4.66. The van der Waals surface area contributed by atoms with E-state index in [1.54, 1.807) is 16.7 Å². The first-order valence-electron chi connectivity index (χ1n) is 10.4. The fourth-order valence-electron chi connectivity index (χ4n) is 3.61. The van der Waals surface area contributed by atoms with Crippen LogP contribution in [0.4, 0.5) is 0 Å². The highest BCUT2D eigenvalue weighted by Crippen LogP contribution is 2.30. The lowest BCUT2D eigenvalue weighted by Gasteiger charge is -2.11. The monoisotopic (exact) mass is 473 g/mol. The summed E-state index contributed by atoms with van der Waals surface area (Å²) in [4.78, 5) is 17.2. The minimum Gasteiger partial charge on any atom is -0.297 e. The molecule has 0 aliphatic heterocycles. The minimum absolute atomic E-state index is 0.0990. The standard InChI is InChI=1S/C25H20ClN5OS/c1-17-11-12-30-22(13-17)27-19(14-23(30)32)16-33-25-29-28-24(20-9-5-6-10-21(20)26)31(25)15-18-7-3-2-4-8-18/h2-14H,15-16H2,1H3. The van der Waals surface area contributed by atoms with E-state index in [4.69, 9.17) is 11.6 Å². The van der Waals surface area contributed by atoms with E-state index >= 15 is 0 Å². The van der Waals surface area contributed by atoms with Gasteiger partial charge in [0.2, 0.25) is 0 Å². The van der Waals surface area contributed by atoms with Gasteiger partial charge in [0.15, 0.2) is 11.0 Å². The van der Waals surface area contributed by atoms with Crippen LogP contribution in [0.5, 0.6) is 0 Å². The zero-order chi connectivity index (χ0) is 22.8. The number of nitrogens with zero attached hydrogens (tertiary/aromatic N) is 5. The molecule has 2 aromatic carbocycles. The summed E-state index contributed by atoms with van der Waals surface area (Å²) in [7, 11) is 0. The number of benzene rings is 2. The molecule has 6 nitrogen and oxygen atoms in total. The molecule has 0 N–H and O–H groups in total. The first-order chi connectivity index (χ1) is 16.1. The molecule has 3 aromatic heterocycles. The van der Waals surface area contributed by atoms with E-state index in [0.717, 1.165) is 21.8 Å². The van der Waals surface area contributed by atoms with Crippen molar-refractivity contribution in [3.8, 4) is 11.4 Å². The topological polar surface area (TPSA) is 65.1 Å². The van der Waals surface area contributed by atoms with Gasteiger partial charge in [0.05, 0.1) is 17.3 Å². The Bertz CT molecular complexity index is 1500. The second-order valence-electron chi connectivity index (χ2n) is 7.66. The maximum atomic E-state index is 12.5. The van der Waals surface area contributed by atoms with Crippen LogP contribution in [0.3, 0.4) is 0 Å². The Morgan fingerprint density at radius 2 is 1.76 bits per heavy atom. The van der Waals surface area contributed by atoms with E-state index in [0.29, 0.717) is 34.5 Å². The summed E-state index contributed by atoms with van der Waals surface area (Å²) in [5.74, 6) is 1.20. The van der Waals surface area contributed by atoms with E-state index in [9.17, 15) is 4.79 Å². The molecule has 0 spiro atoms. The molecule has 0 bridgehead atoms. The van der Waals surface area contributed by atoms with Crippen LogP contribution in [0.25, 0.3) is 17.0 Å². The molecule has 0 radical (unpaired) electrons. The number of thioether (sulfide) groups is 1. The van der Waals surface area contributed by atoms with Crippen LogP contribution >= 0.6 is 23.4 Å². The van der Waals surface area contributed by atoms with Gasteiger partial charge in [-0.2, -0.15) is 0 Å². The van der Waals surface area contributed by atoms with Crippen molar-refractivity contribution in [3.63, 3.8) is 0 Å². The third-order valence-electron chi connectivity index (χ3n) is 5.24. The number of aryl methyl sites for hydroxylation is 1. The largest absolute Gasteiger partial charge is 0.297 e. The Hall–Kier alpha value is -3.42. The number of hydrogen-bond acceptors (Lipinski definition) is 5. The van der Waals surface area contributed by atoms with Crippen LogP contribution in [0.15, 0.2) is 88.9 Å². The SMILES string of the molecule is Cc1ccn2c(=O)cc(CSc3nnc(-c4ccccc4Cl)n3Cc3ccccc3)nc2c1. The first kappa shape index (κ1) is 21.4. The molecule has 0 aliphatic carbocycles. The van der Waals surface area contributed by atoms with Crippen molar-refractivity contribution in [2.24, 2.45) is 0 Å². The molecule has 8 heteroatoms. The van der Waals surface area contributed by atoms with Gasteiger partial charge in [-0.15, -0.1) is 10.2 Å². The summed E-state index contributed by atoms with van der Waals surface area (Å²) in [6.07, 6.45) is 1.75. The van der Waals surface area contributed by atoms with Crippen molar-refractivity contribution in [3.05, 3.63) is 111 Å². The molecule has 0 aliphatic rings. The number of hydrogen-bond donors (Lipinski definition) is 0. The molecule has 3 heterocycles. The van der Waals surface area contributed by atoms with Gasteiger partial charge in [-0.25, -0.2) is 4.98 Å². The van der Waals surface area contributed by atoms with Crippen molar-refractivity contribution in [2.45, 2.75) is 24.4 Å². The van der Waals surface area contributed by atoms with Crippen molar-refractivity contribution >= 4 is 29.0 Å². The Balaban J connectivity index is 1.50. The van der Waals surface area contributed by atoms with Crippen molar-refractivity contribution in [2.75, 3.05) is 0 Å². The van der Waals surface area contributed by atoms with Gasteiger partial charge in [-0.3, -0.25) is 13.8 Å². The molecule has 5 rings (SSSR count). The lowest BCUT2D eigenvalue weighted by Crippen LogP contribution is -2.15. The van der Waals surface area contributed by atoms with Crippen LogP contribution < -0.4 is 5.56 Å². The number of aromatic nitrogens is 5. The minimum atomic E-state index is -0.0990. The van der Waals surface area contributed by atoms with Gasteiger partial charge in [0, 0.05) is 23.6 Å². The van der Waals surface area contributed by atoms with Gasteiger partial charge < -0.3 is 0 Å². The Labute approximate surface area is 199 Å². The second kappa shape index (κ2) is 9.21. The zero-order valence-electron chi connectivity index (χ0n) is 17.9. The quantitative estimate of drug-likeness (QED) is 0.315. The van der Waals surface area contributed by atoms with Crippen molar-refractivity contribution in [1.29, 1.82) is 0 Å². The van der Waals surface area contributed by atoms with Crippen molar-refractivity contribution in [1.82, 2.24) is 24.1 Å². The molecule has 0 fully saturated rings. The number of pyridine rings is 1. The van der Waals surface area contributed by atoms with Crippen LogP contribution in [-0.4, -0.2) is 24.1 Å². The Morgan fingerprint density at radius 3 is 2.58 bits per heavy atom. The maximum Gasteiger partial charge on any atom is 0.258 e. The second-order valence-corrected chi connectivity index (χ2v) is 9.01. The summed E-state index contributed by atoms with van der Waals surface area (Å²) in [6.45, 7) is 2.58. The van der Waals surface area contributed by atoms with Gasteiger partial charge >= 0.3 is 0 Å². The average Bonchev–Trinajstić information content (AvgIpc) is 3.20. The van der Waals surface area contributed by atoms with Gasteiger partial charge in [-0.05, 0) is 42.3 Å². The molecular weight excluding hydrogens is 454 g/mol. The van der Waals surface area contributed by atoms with Crippen LogP contribution in [0, 0.1) is 6.92 Å². The molecule has 0 unspecified atom stereocenters. The van der Waals surface area contributed by atoms with Gasteiger partial charge in [0.1, 0.15) is 5.65 Å². The highest BCUT2D eigenvalue weighted by atomic mass is 35.5. The molecule has 0 atom stereocenters. The van der Waals surface area contributed by atoms with E-state index in [1.165, 1.54) is 11.8 Å². The number of halogens is 1. The summed E-state index contributed by atoms with van der Waals surface area (Å²) >= 11 is 7.96. The first-order valence-corrected chi connectivity index (χ1v) is 11.8. The predicted molar refractivity (Wildman–Crippen MR) is 132 cm³/mol. The van der Waals surface area contributed by atoms with Crippen LogP contribution in [0.1, 0.15) is 16.8 Å². The van der Waals surface area contributed by atoms with E-state index in [-0.39, 0.29) is 5.56 Å². The van der Waals surface area contributed by atoms with E-state index in [2.05, 4.69) is 31.9 Å². The summed E-state index contributed by atoms with van der Waals surface area (Å²) in [5.41, 5.74) is 4.25. The third kappa shape index (κ3) is 4.55. The lowest BCUT2D eigenvalue weighted by atomic mass is 10.2. The zero-order valence-corrected chi connectivity index (χ0v) is 19.4. The van der Waals surface area contributed by atoms with Gasteiger partial charge in [0.25, 0.3) is 5.56 Å².